The Balaban J connectivity index is 2.10. The average molecular weight is 328 g/mol. The number of benzene rings is 4. The summed E-state index contributed by atoms with van der Waals surface area (Å²) in [6.07, 6.45) is 0. The second-order valence-electron chi connectivity index (χ2n) is 6.02. The molecule has 5 rings (SSSR count). The van der Waals surface area contributed by atoms with Crippen molar-refractivity contribution in [1.82, 2.24) is 4.57 Å². The third-order valence-corrected chi connectivity index (χ3v) is 4.86. The van der Waals surface area contributed by atoms with Crippen molar-refractivity contribution in [3.05, 3.63) is 90.0 Å². The summed E-state index contributed by atoms with van der Waals surface area (Å²) in [5.74, 6) is 0. The molecule has 0 unspecified atom stereocenters. The summed E-state index contributed by atoms with van der Waals surface area (Å²) in [5, 5.41) is 5.74. The van der Waals surface area contributed by atoms with E-state index in [0.29, 0.717) is 0 Å². The van der Waals surface area contributed by atoms with Crippen molar-refractivity contribution in [2.45, 2.75) is 0 Å². The van der Waals surface area contributed by atoms with E-state index in [-0.39, 0.29) is 0 Å². The van der Waals surface area contributed by atoms with E-state index in [9.17, 15) is 0 Å². The van der Waals surface area contributed by atoms with Gasteiger partial charge in [0.15, 0.2) is 0 Å². The minimum absolute atomic E-state index is 0.756. The van der Waals surface area contributed by atoms with Crippen LogP contribution in [0.4, 0.5) is 0 Å². The number of aromatic nitrogens is 1. The molecular formula is C22H14ClN. The molecule has 0 saturated carbocycles. The first-order chi connectivity index (χ1) is 11.8. The van der Waals surface area contributed by atoms with Gasteiger partial charge in [0.1, 0.15) is 0 Å². The van der Waals surface area contributed by atoms with Crippen LogP contribution in [0, 0.1) is 0 Å². The molecular weight excluding hydrogens is 314 g/mol. The molecule has 0 aliphatic carbocycles. The van der Waals surface area contributed by atoms with Crippen LogP contribution in [0.2, 0.25) is 5.02 Å². The van der Waals surface area contributed by atoms with Crippen LogP contribution in [0.5, 0.6) is 0 Å². The molecule has 0 aliphatic heterocycles. The zero-order chi connectivity index (χ0) is 16.1. The number of hydrogen-bond acceptors (Lipinski definition) is 0. The quantitative estimate of drug-likeness (QED) is 0.327. The molecule has 1 heterocycles. The Labute approximate surface area is 144 Å². The van der Waals surface area contributed by atoms with Crippen LogP contribution in [0.3, 0.4) is 0 Å². The predicted molar refractivity (Wildman–Crippen MR) is 103 cm³/mol. The van der Waals surface area contributed by atoms with Crippen molar-refractivity contribution in [3.8, 4) is 5.69 Å². The fraction of sp³-hybridized carbons (Fsp3) is 0. The normalized spacial score (nSPS) is 11.5. The molecule has 1 nitrogen and oxygen atoms in total. The van der Waals surface area contributed by atoms with Gasteiger partial charge in [0.2, 0.25) is 0 Å². The summed E-state index contributed by atoms with van der Waals surface area (Å²) < 4.78 is 2.32. The Bertz CT molecular complexity index is 1200. The largest absolute Gasteiger partial charge is 0.309 e. The fourth-order valence-electron chi connectivity index (χ4n) is 3.60. The first-order valence-corrected chi connectivity index (χ1v) is 8.37. The Kier molecular flexibility index (Phi) is 2.91. The van der Waals surface area contributed by atoms with Gasteiger partial charge in [0.05, 0.1) is 11.0 Å². The number of rotatable bonds is 1. The van der Waals surface area contributed by atoms with Crippen molar-refractivity contribution in [1.29, 1.82) is 0 Å². The zero-order valence-corrected chi connectivity index (χ0v) is 13.7. The Morgan fingerprint density at radius 1 is 0.625 bits per heavy atom. The lowest BCUT2D eigenvalue weighted by molar-refractivity contribution is 1.19. The minimum Gasteiger partial charge on any atom is -0.309 e. The highest BCUT2D eigenvalue weighted by Crippen LogP contribution is 2.37. The molecule has 0 fully saturated rings. The minimum atomic E-state index is 0.756. The SMILES string of the molecule is Clc1ccc2c3ccc4ccccc4c3n(-c3ccccc3)c2c1. The molecule has 0 aliphatic rings. The average Bonchev–Trinajstić information content (AvgIpc) is 2.96. The molecule has 2 heteroatoms. The monoisotopic (exact) mass is 327 g/mol. The molecule has 1 aromatic heterocycles. The first kappa shape index (κ1) is 13.6. The molecule has 0 spiro atoms. The second kappa shape index (κ2) is 5.12. The van der Waals surface area contributed by atoms with Crippen molar-refractivity contribution >= 4 is 44.2 Å². The number of para-hydroxylation sites is 1. The van der Waals surface area contributed by atoms with Gasteiger partial charge in [-0.25, -0.2) is 0 Å². The number of nitrogens with zero attached hydrogens (tertiary/aromatic N) is 1. The van der Waals surface area contributed by atoms with E-state index < -0.39 is 0 Å². The van der Waals surface area contributed by atoms with Gasteiger partial charge in [0.25, 0.3) is 0 Å². The van der Waals surface area contributed by atoms with Gasteiger partial charge in [-0.3, -0.25) is 0 Å². The van der Waals surface area contributed by atoms with E-state index in [1.165, 1.54) is 27.1 Å². The van der Waals surface area contributed by atoms with Crippen LogP contribution in [0.15, 0.2) is 84.9 Å². The molecule has 0 saturated heterocycles. The van der Waals surface area contributed by atoms with E-state index in [1.54, 1.807) is 0 Å². The van der Waals surface area contributed by atoms with Crippen molar-refractivity contribution < 1.29 is 0 Å². The number of hydrogen-bond donors (Lipinski definition) is 0. The Morgan fingerprint density at radius 3 is 2.25 bits per heavy atom. The second-order valence-corrected chi connectivity index (χ2v) is 6.45. The summed E-state index contributed by atoms with van der Waals surface area (Å²) >= 11 is 6.31. The molecule has 0 bridgehead atoms. The van der Waals surface area contributed by atoms with Crippen molar-refractivity contribution in [3.63, 3.8) is 0 Å². The van der Waals surface area contributed by atoms with Crippen molar-refractivity contribution in [2.24, 2.45) is 0 Å². The number of halogens is 1. The Morgan fingerprint density at radius 2 is 1.38 bits per heavy atom. The maximum absolute atomic E-state index is 6.31. The van der Waals surface area contributed by atoms with Gasteiger partial charge < -0.3 is 4.57 Å². The standard InChI is InChI=1S/C22H14ClN/c23-16-11-13-19-20-12-10-15-6-4-5-9-18(15)22(20)24(21(19)14-16)17-7-2-1-3-8-17/h1-14H. The summed E-state index contributed by atoms with van der Waals surface area (Å²) in [6.45, 7) is 0. The highest BCUT2D eigenvalue weighted by atomic mass is 35.5. The summed E-state index contributed by atoms with van der Waals surface area (Å²) in [7, 11) is 0. The molecule has 0 radical (unpaired) electrons. The molecule has 0 atom stereocenters. The smallest absolute Gasteiger partial charge is 0.0619 e. The van der Waals surface area contributed by atoms with Crippen LogP contribution in [-0.2, 0) is 0 Å². The molecule has 114 valence electrons. The van der Waals surface area contributed by atoms with Crippen LogP contribution in [-0.4, -0.2) is 4.57 Å². The van der Waals surface area contributed by atoms with Crippen LogP contribution in [0.25, 0.3) is 38.3 Å². The van der Waals surface area contributed by atoms with Crippen LogP contribution < -0.4 is 0 Å². The summed E-state index contributed by atoms with van der Waals surface area (Å²) in [4.78, 5) is 0. The zero-order valence-electron chi connectivity index (χ0n) is 12.9. The maximum atomic E-state index is 6.31. The third-order valence-electron chi connectivity index (χ3n) is 4.63. The van der Waals surface area contributed by atoms with E-state index in [1.807, 2.05) is 12.1 Å². The van der Waals surface area contributed by atoms with Gasteiger partial charge in [0, 0.05) is 26.9 Å². The lowest BCUT2D eigenvalue weighted by Gasteiger charge is -2.09. The lowest BCUT2D eigenvalue weighted by Crippen LogP contribution is -1.93. The van der Waals surface area contributed by atoms with E-state index in [2.05, 4.69) is 77.4 Å². The molecule has 4 aromatic carbocycles. The molecule has 0 amide bonds. The van der Waals surface area contributed by atoms with Crippen LogP contribution >= 0.6 is 11.6 Å². The first-order valence-electron chi connectivity index (χ1n) is 8.00. The van der Waals surface area contributed by atoms with E-state index in [4.69, 9.17) is 11.6 Å². The maximum Gasteiger partial charge on any atom is 0.0619 e. The van der Waals surface area contributed by atoms with Gasteiger partial charge >= 0.3 is 0 Å². The summed E-state index contributed by atoms with van der Waals surface area (Å²) in [5.41, 5.74) is 3.52. The fourth-order valence-corrected chi connectivity index (χ4v) is 3.76. The van der Waals surface area contributed by atoms with Gasteiger partial charge in [-0.2, -0.15) is 0 Å². The Hall–Kier alpha value is -2.77. The van der Waals surface area contributed by atoms with Gasteiger partial charge in [-0.1, -0.05) is 72.3 Å². The van der Waals surface area contributed by atoms with Gasteiger partial charge in [-0.05, 0) is 29.7 Å². The van der Waals surface area contributed by atoms with E-state index in [0.717, 1.165) is 16.2 Å². The number of fused-ring (bicyclic) bond motifs is 5. The van der Waals surface area contributed by atoms with Crippen LogP contribution in [0.1, 0.15) is 0 Å². The van der Waals surface area contributed by atoms with E-state index >= 15 is 0 Å². The molecule has 0 N–H and O–H groups in total. The molecule has 24 heavy (non-hydrogen) atoms. The topological polar surface area (TPSA) is 4.93 Å². The molecule has 5 aromatic rings. The lowest BCUT2D eigenvalue weighted by atomic mass is 10.1. The summed E-state index contributed by atoms with van der Waals surface area (Å²) in [6, 6.07) is 29.6. The van der Waals surface area contributed by atoms with Gasteiger partial charge in [-0.15, -0.1) is 0 Å². The predicted octanol–water partition coefficient (Wildman–Crippen LogP) is 6.59. The van der Waals surface area contributed by atoms with Crippen molar-refractivity contribution in [2.75, 3.05) is 0 Å². The highest BCUT2D eigenvalue weighted by molar-refractivity contribution is 6.32. The highest BCUT2D eigenvalue weighted by Gasteiger charge is 2.14. The third kappa shape index (κ3) is 1.88.